The van der Waals surface area contributed by atoms with Crippen LogP contribution in [-0.4, -0.2) is 5.78 Å². The van der Waals surface area contributed by atoms with Crippen molar-refractivity contribution in [2.75, 3.05) is 0 Å². The third kappa shape index (κ3) is 3.25. The van der Waals surface area contributed by atoms with E-state index in [0.29, 0.717) is 0 Å². The maximum Gasteiger partial charge on any atom is 0.176 e. The minimum atomic E-state index is -0.116. The molecule has 0 bridgehead atoms. The second-order valence-electron chi connectivity index (χ2n) is 3.19. The van der Waals surface area contributed by atoms with Gasteiger partial charge in [0.1, 0.15) is 6.07 Å². The standard InChI is InChI=1S/C11H15NO/c1-5-6-9(4)10(7-12)11(13)8(2)3/h5-6,8H,1-4H3/b6-5?,10-9-. The van der Waals surface area contributed by atoms with Crippen LogP contribution in [0.5, 0.6) is 0 Å². The topological polar surface area (TPSA) is 40.9 Å². The van der Waals surface area contributed by atoms with E-state index in [1.807, 2.05) is 19.1 Å². The molecule has 13 heavy (non-hydrogen) atoms. The molecule has 2 nitrogen and oxygen atoms in total. The summed E-state index contributed by atoms with van der Waals surface area (Å²) in [5, 5.41) is 8.78. The minimum absolute atomic E-state index is 0.0851. The van der Waals surface area contributed by atoms with Crippen molar-refractivity contribution in [3.8, 4) is 6.07 Å². The zero-order valence-corrected chi connectivity index (χ0v) is 8.59. The molecule has 0 atom stereocenters. The van der Waals surface area contributed by atoms with Crippen LogP contribution in [0, 0.1) is 17.2 Å². The van der Waals surface area contributed by atoms with Gasteiger partial charge in [0.25, 0.3) is 0 Å². The molecule has 0 aliphatic heterocycles. The van der Waals surface area contributed by atoms with Gasteiger partial charge in [-0.2, -0.15) is 5.26 Å². The molecule has 0 aromatic carbocycles. The van der Waals surface area contributed by atoms with Crippen LogP contribution in [-0.2, 0) is 4.79 Å². The van der Waals surface area contributed by atoms with Gasteiger partial charge in [-0.1, -0.05) is 26.0 Å². The Balaban J connectivity index is 5.03. The molecule has 0 aliphatic rings. The van der Waals surface area contributed by atoms with Gasteiger partial charge in [0.15, 0.2) is 5.78 Å². The maximum absolute atomic E-state index is 11.5. The molecule has 0 saturated heterocycles. The minimum Gasteiger partial charge on any atom is -0.293 e. The third-order valence-corrected chi connectivity index (χ3v) is 1.69. The predicted octanol–water partition coefficient (Wildman–Crippen LogP) is 2.63. The molecule has 0 unspecified atom stereocenters. The molecule has 0 heterocycles. The predicted molar refractivity (Wildman–Crippen MR) is 53.0 cm³/mol. The number of hydrogen-bond donors (Lipinski definition) is 0. The lowest BCUT2D eigenvalue weighted by Gasteiger charge is -2.03. The monoisotopic (exact) mass is 177 g/mol. The summed E-state index contributed by atoms with van der Waals surface area (Å²) >= 11 is 0. The number of Topliss-reactive ketones (excluding diaryl/α,β-unsaturated/α-hetero) is 1. The van der Waals surface area contributed by atoms with Crippen LogP contribution in [0.2, 0.25) is 0 Å². The Morgan fingerprint density at radius 3 is 2.31 bits per heavy atom. The van der Waals surface area contributed by atoms with Crippen LogP contribution >= 0.6 is 0 Å². The van der Waals surface area contributed by atoms with Crippen molar-refractivity contribution in [2.45, 2.75) is 27.7 Å². The van der Waals surface area contributed by atoms with Gasteiger partial charge in [-0.3, -0.25) is 4.79 Å². The average molecular weight is 177 g/mol. The Kier molecular flexibility index (Phi) is 4.76. The van der Waals surface area contributed by atoms with Crippen molar-refractivity contribution < 1.29 is 4.79 Å². The summed E-state index contributed by atoms with van der Waals surface area (Å²) in [5.41, 5.74) is 1.01. The smallest absolute Gasteiger partial charge is 0.176 e. The number of rotatable bonds is 3. The van der Waals surface area contributed by atoms with E-state index >= 15 is 0 Å². The molecular formula is C11H15NO. The van der Waals surface area contributed by atoms with Gasteiger partial charge in [-0.05, 0) is 19.4 Å². The second kappa shape index (κ2) is 5.31. The highest BCUT2D eigenvalue weighted by Gasteiger charge is 2.14. The Hall–Kier alpha value is -1.36. The van der Waals surface area contributed by atoms with Crippen molar-refractivity contribution in [1.29, 1.82) is 5.26 Å². The van der Waals surface area contributed by atoms with E-state index in [-0.39, 0.29) is 17.3 Å². The van der Waals surface area contributed by atoms with Gasteiger partial charge in [-0.15, -0.1) is 0 Å². The summed E-state index contributed by atoms with van der Waals surface area (Å²) in [6.07, 6.45) is 3.60. The van der Waals surface area contributed by atoms with Gasteiger partial charge in [-0.25, -0.2) is 0 Å². The van der Waals surface area contributed by atoms with Crippen molar-refractivity contribution >= 4 is 5.78 Å². The van der Waals surface area contributed by atoms with Crippen molar-refractivity contribution in [1.82, 2.24) is 0 Å². The molecule has 0 aliphatic carbocycles. The van der Waals surface area contributed by atoms with Crippen molar-refractivity contribution in [3.63, 3.8) is 0 Å². The number of allylic oxidation sites excluding steroid dienone is 4. The van der Waals surface area contributed by atoms with Crippen LogP contribution in [0.3, 0.4) is 0 Å². The molecule has 2 heteroatoms. The summed E-state index contributed by atoms with van der Waals surface area (Å²) in [4.78, 5) is 11.5. The first-order valence-electron chi connectivity index (χ1n) is 4.32. The molecule has 0 fully saturated rings. The molecular weight excluding hydrogens is 162 g/mol. The molecule has 70 valence electrons. The van der Waals surface area contributed by atoms with Crippen LogP contribution < -0.4 is 0 Å². The highest BCUT2D eigenvalue weighted by atomic mass is 16.1. The lowest BCUT2D eigenvalue weighted by molar-refractivity contribution is -0.117. The second-order valence-corrected chi connectivity index (χ2v) is 3.19. The van der Waals surface area contributed by atoms with Crippen LogP contribution in [0.4, 0.5) is 0 Å². The summed E-state index contributed by atoms with van der Waals surface area (Å²) in [5.74, 6) is -0.201. The summed E-state index contributed by atoms with van der Waals surface area (Å²) in [6, 6.07) is 1.95. The molecule has 0 rings (SSSR count). The van der Waals surface area contributed by atoms with E-state index in [0.717, 1.165) is 5.57 Å². The van der Waals surface area contributed by atoms with Crippen molar-refractivity contribution in [3.05, 3.63) is 23.3 Å². The van der Waals surface area contributed by atoms with Gasteiger partial charge < -0.3 is 0 Å². The number of carbonyl (C=O) groups excluding carboxylic acids is 1. The fraction of sp³-hybridized carbons (Fsp3) is 0.455. The van der Waals surface area contributed by atoms with Crippen LogP contribution in [0.25, 0.3) is 0 Å². The van der Waals surface area contributed by atoms with Crippen LogP contribution in [0.1, 0.15) is 27.7 Å². The zero-order chi connectivity index (χ0) is 10.4. The molecule has 0 spiro atoms. The van der Waals surface area contributed by atoms with Crippen LogP contribution in [0.15, 0.2) is 23.3 Å². The fourth-order valence-corrected chi connectivity index (χ4v) is 0.960. The highest BCUT2D eigenvalue weighted by molar-refractivity contribution is 6.01. The number of ketones is 1. The first-order chi connectivity index (χ1) is 6.04. The number of carbonyl (C=O) groups is 1. The SMILES string of the molecule is CC=C/C(C)=C(/C#N)C(=O)C(C)C. The zero-order valence-electron chi connectivity index (χ0n) is 8.59. The van der Waals surface area contributed by atoms with E-state index in [9.17, 15) is 4.79 Å². The number of nitrogens with zero attached hydrogens (tertiary/aromatic N) is 1. The van der Waals surface area contributed by atoms with Gasteiger partial charge in [0.2, 0.25) is 0 Å². The molecule has 0 aromatic rings. The third-order valence-electron chi connectivity index (χ3n) is 1.69. The summed E-state index contributed by atoms with van der Waals surface area (Å²) in [6.45, 7) is 7.22. The maximum atomic E-state index is 11.5. The average Bonchev–Trinajstić information content (AvgIpc) is 2.05. The van der Waals surface area contributed by atoms with Gasteiger partial charge in [0, 0.05) is 5.92 Å². The Labute approximate surface area is 79.6 Å². The summed E-state index contributed by atoms with van der Waals surface area (Å²) < 4.78 is 0. The molecule has 0 saturated carbocycles. The van der Waals surface area contributed by atoms with E-state index in [1.54, 1.807) is 26.8 Å². The number of nitriles is 1. The quantitative estimate of drug-likeness (QED) is 0.377. The summed E-state index contributed by atoms with van der Waals surface area (Å²) in [7, 11) is 0. The molecule has 0 radical (unpaired) electrons. The molecule has 0 amide bonds. The normalized spacial score (nSPS) is 12.9. The first-order valence-corrected chi connectivity index (χ1v) is 4.32. The Morgan fingerprint density at radius 2 is 2.00 bits per heavy atom. The highest BCUT2D eigenvalue weighted by Crippen LogP contribution is 2.11. The Morgan fingerprint density at radius 1 is 1.46 bits per heavy atom. The van der Waals surface area contributed by atoms with E-state index in [1.165, 1.54) is 0 Å². The van der Waals surface area contributed by atoms with E-state index in [2.05, 4.69) is 0 Å². The Bertz CT molecular complexity index is 290. The molecule has 0 aromatic heterocycles. The van der Waals surface area contributed by atoms with Crippen molar-refractivity contribution in [2.24, 2.45) is 5.92 Å². The lowest BCUT2D eigenvalue weighted by Crippen LogP contribution is -2.10. The number of hydrogen-bond acceptors (Lipinski definition) is 2. The van der Waals surface area contributed by atoms with E-state index in [4.69, 9.17) is 5.26 Å². The lowest BCUT2D eigenvalue weighted by atomic mass is 9.98. The fourth-order valence-electron chi connectivity index (χ4n) is 0.960. The molecule has 0 N–H and O–H groups in total. The van der Waals surface area contributed by atoms with Gasteiger partial charge in [0.05, 0.1) is 5.57 Å². The van der Waals surface area contributed by atoms with E-state index < -0.39 is 0 Å². The largest absolute Gasteiger partial charge is 0.293 e. The first kappa shape index (κ1) is 11.6. The van der Waals surface area contributed by atoms with Gasteiger partial charge >= 0.3 is 0 Å².